The average molecular weight is 535 g/mol. The number of nitrogens with zero attached hydrogens (tertiary/aromatic N) is 1. The van der Waals surface area contributed by atoms with Crippen LogP contribution >= 0.6 is 24.0 Å². The molecule has 1 heterocycles. The van der Waals surface area contributed by atoms with Crippen molar-refractivity contribution in [3.05, 3.63) is 29.8 Å². The smallest absolute Gasteiger partial charge is 0.191 e. The van der Waals surface area contributed by atoms with E-state index >= 15 is 0 Å². The first kappa shape index (κ1) is 26.9. The fraction of sp³-hybridized carbons (Fsp3) is 0.682. The van der Waals surface area contributed by atoms with Gasteiger partial charge in [0.25, 0.3) is 0 Å². The van der Waals surface area contributed by atoms with Gasteiger partial charge in [-0.25, -0.2) is 0 Å². The Labute approximate surface area is 198 Å². The van der Waals surface area contributed by atoms with Gasteiger partial charge in [0.15, 0.2) is 5.96 Å². The molecule has 1 aliphatic heterocycles. The SMILES string of the molecule is CCNC(=NCC(O)c1cccc(OC(C)C)c1)NCCCOCC1CCCO1.I. The molecular weight excluding hydrogens is 497 g/mol. The van der Waals surface area contributed by atoms with Gasteiger partial charge in [-0.2, -0.15) is 0 Å². The molecule has 1 saturated heterocycles. The van der Waals surface area contributed by atoms with Crippen LogP contribution < -0.4 is 15.4 Å². The van der Waals surface area contributed by atoms with Gasteiger partial charge in [0.05, 0.1) is 31.5 Å². The lowest BCUT2D eigenvalue weighted by Crippen LogP contribution is -2.38. The molecule has 1 fully saturated rings. The summed E-state index contributed by atoms with van der Waals surface area (Å²) in [5.41, 5.74) is 0.797. The molecule has 0 amide bonds. The van der Waals surface area contributed by atoms with Gasteiger partial charge in [-0.05, 0) is 57.7 Å². The summed E-state index contributed by atoms with van der Waals surface area (Å²) in [5.74, 6) is 1.45. The lowest BCUT2D eigenvalue weighted by atomic mass is 10.1. The lowest BCUT2D eigenvalue weighted by Gasteiger charge is -2.15. The van der Waals surface area contributed by atoms with Crippen LogP contribution in [0.25, 0.3) is 0 Å². The molecule has 30 heavy (non-hydrogen) atoms. The highest BCUT2D eigenvalue weighted by molar-refractivity contribution is 14.0. The van der Waals surface area contributed by atoms with Crippen LogP contribution in [-0.2, 0) is 9.47 Å². The van der Waals surface area contributed by atoms with Gasteiger partial charge in [-0.3, -0.25) is 4.99 Å². The fourth-order valence-corrected chi connectivity index (χ4v) is 3.06. The first-order chi connectivity index (χ1) is 14.1. The Hall–Kier alpha value is -1.10. The maximum atomic E-state index is 10.5. The topological polar surface area (TPSA) is 84.3 Å². The molecule has 1 aromatic rings. The number of hydrogen-bond acceptors (Lipinski definition) is 5. The zero-order valence-corrected chi connectivity index (χ0v) is 20.8. The van der Waals surface area contributed by atoms with E-state index < -0.39 is 6.10 Å². The summed E-state index contributed by atoms with van der Waals surface area (Å²) < 4.78 is 16.9. The van der Waals surface area contributed by atoms with Gasteiger partial charge >= 0.3 is 0 Å². The molecule has 7 nitrogen and oxygen atoms in total. The minimum absolute atomic E-state index is 0. The Morgan fingerprint density at radius 3 is 2.87 bits per heavy atom. The van der Waals surface area contributed by atoms with Gasteiger partial charge in [0.1, 0.15) is 5.75 Å². The number of aliphatic hydroxyl groups excluding tert-OH is 1. The van der Waals surface area contributed by atoms with Crippen LogP contribution in [0.4, 0.5) is 0 Å². The van der Waals surface area contributed by atoms with Crippen LogP contribution in [0.1, 0.15) is 51.7 Å². The molecule has 0 spiro atoms. The van der Waals surface area contributed by atoms with Crippen molar-refractivity contribution in [2.75, 3.05) is 39.5 Å². The van der Waals surface area contributed by atoms with Gasteiger partial charge in [0, 0.05) is 26.3 Å². The molecule has 0 radical (unpaired) electrons. The number of aliphatic imine (C=N–C) groups is 1. The molecule has 1 aromatic carbocycles. The van der Waals surface area contributed by atoms with Gasteiger partial charge < -0.3 is 30.0 Å². The first-order valence-electron chi connectivity index (χ1n) is 10.7. The number of hydrogen-bond donors (Lipinski definition) is 3. The highest BCUT2D eigenvalue weighted by Crippen LogP contribution is 2.20. The van der Waals surface area contributed by atoms with Crippen molar-refractivity contribution >= 4 is 29.9 Å². The maximum absolute atomic E-state index is 10.5. The Morgan fingerprint density at radius 1 is 1.33 bits per heavy atom. The molecule has 0 aliphatic carbocycles. The van der Waals surface area contributed by atoms with Crippen molar-refractivity contribution in [1.82, 2.24) is 10.6 Å². The average Bonchev–Trinajstić information content (AvgIpc) is 3.21. The van der Waals surface area contributed by atoms with E-state index in [1.54, 1.807) is 0 Å². The van der Waals surface area contributed by atoms with E-state index in [0.29, 0.717) is 19.2 Å². The minimum atomic E-state index is -0.684. The second kappa shape index (κ2) is 15.7. The van der Waals surface area contributed by atoms with Gasteiger partial charge in [-0.15, -0.1) is 24.0 Å². The van der Waals surface area contributed by atoms with Crippen molar-refractivity contribution in [3.8, 4) is 5.75 Å². The molecule has 2 rings (SSSR count). The highest BCUT2D eigenvalue weighted by atomic mass is 127. The molecule has 3 N–H and O–H groups in total. The summed E-state index contributed by atoms with van der Waals surface area (Å²) in [6, 6.07) is 7.54. The molecule has 0 bridgehead atoms. The summed E-state index contributed by atoms with van der Waals surface area (Å²) in [7, 11) is 0. The van der Waals surface area contributed by atoms with E-state index in [-0.39, 0.29) is 42.7 Å². The third-order valence-electron chi connectivity index (χ3n) is 4.47. The zero-order chi connectivity index (χ0) is 20.9. The monoisotopic (exact) mass is 535 g/mol. The van der Waals surface area contributed by atoms with E-state index in [1.807, 2.05) is 45.0 Å². The van der Waals surface area contributed by atoms with Crippen LogP contribution in [0.15, 0.2) is 29.3 Å². The Morgan fingerprint density at radius 2 is 2.17 bits per heavy atom. The third-order valence-corrected chi connectivity index (χ3v) is 4.47. The molecule has 172 valence electrons. The second-order valence-corrected chi connectivity index (χ2v) is 7.46. The van der Waals surface area contributed by atoms with Crippen LogP contribution in [0, 0.1) is 0 Å². The van der Waals surface area contributed by atoms with Crippen molar-refractivity contribution in [1.29, 1.82) is 0 Å². The predicted octanol–water partition coefficient (Wildman–Crippen LogP) is 3.27. The summed E-state index contributed by atoms with van der Waals surface area (Å²) in [4.78, 5) is 4.50. The number of guanidine groups is 1. The Balaban J connectivity index is 0.00000450. The lowest BCUT2D eigenvalue weighted by molar-refractivity contribution is 0.0168. The number of rotatable bonds is 12. The molecule has 0 aromatic heterocycles. The van der Waals surface area contributed by atoms with E-state index in [2.05, 4.69) is 15.6 Å². The van der Waals surface area contributed by atoms with Crippen LogP contribution in [0.3, 0.4) is 0 Å². The fourth-order valence-electron chi connectivity index (χ4n) is 3.06. The number of nitrogens with one attached hydrogen (secondary N) is 2. The van der Waals surface area contributed by atoms with Crippen molar-refractivity contribution in [2.45, 2.75) is 58.3 Å². The maximum Gasteiger partial charge on any atom is 0.191 e. The number of benzene rings is 1. The molecule has 8 heteroatoms. The predicted molar refractivity (Wildman–Crippen MR) is 131 cm³/mol. The normalized spacial score (nSPS) is 17.5. The minimum Gasteiger partial charge on any atom is -0.491 e. The summed E-state index contributed by atoms with van der Waals surface area (Å²) in [6.07, 6.45) is 2.81. The van der Waals surface area contributed by atoms with Gasteiger partial charge in [0.2, 0.25) is 0 Å². The Kier molecular flexibility index (Phi) is 14.1. The first-order valence-corrected chi connectivity index (χ1v) is 10.7. The van der Waals surface area contributed by atoms with Crippen LogP contribution in [0.5, 0.6) is 5.75 Å². The molecular formula is C22H38IN3O4. The van der Waals surface area contributed by atoms with Crippen LogP contribution in [0.2, 0.25) is 0 Å². The largest absolute Gasteiger partial charge is 0.491 e. The number of aliphatic hydroxyl groups is 1. The third kappa shape index (κ3) is 10.8. The standard InChI is InChI=1S/C22H37N3O4.HI/c1-4-23-22(24-11-7-12-27-16-20-10-6-13-28-20)25-15-21(26)18-8-5-9-19(14-18)29-17(2)3;/h5,8-9,14,17,20-21,26H,4,6-7,10-13,15-16H2,1-3H3,(H2,23,24,25);1H. The van der Waals surface area contributed by atoms with E-state index in [9.17, 15) is 5.11 Å². The summed E-state index contributed by atoms with van der Waals surface area (Å²) in [6.45, 7) is 10.0. The van der Waals surface area contributed by atoms with E-state index in [1.165, 1.54) is 0 Å². The molecule has 2 unspecified atom stereocenters. The second-order valence-electron chi connectivity index (χ2n) is 7.46. The van der Waals surface area contributed by atoms with Crippen LogP contribution in [-0.4, -0.2) is 62.7 Å². The van der Waals surface area contributed by atoms with Crippen molar-refractivity contribution in [3.63, 3.8) is 0 Å². The number of ether oxygens (including phenoxy) is 3. The van der Waals surface area contributed by atoms with Gasteiger partial charge in [-0.1, -0.05) is 12.1 Å². The molecule has 1 aliphatic rings. The van der Waals surface area contributed by atoms with Crippen molar-refractivity contribution in [2.24, 2.45) is 4.99 Å². The Bertz CT molecular complexity index is 610. The molecule has 0 saturated carbocycles. The molecule has 2 atom stereocenters. The van der Waals surface area contributed by atoms with Crippen molar-refractivity contribution < 1.29 is 19.3 Å². The number of halogens is 1. The zero-order valence-electron chi connectivity index (χ0n) is 18.4. The summed E-state index contributed by atoms with van der Waals surface area (Å²) >= 11 is 0. The van der Waals surface area contributed by atoms with E-state index in [4.69, 9.17) is 14.2 Å². The quantitative estimate of drug-likeness (QED) is 0.165. The highest BCUT2D eigenvalue weighted by Gasteiger charge is 2.15. The summed E-state index contributed by atoms with van der Waals surface area (Å²) in [5, 5.41) is 17.0. The van der Waals surface area contributed by atoms with E-state index in [0.717, 1.165) is 50.3 Å².